The molecule has 0 saturated carbocycles. The fraction of sp³-hybridized carbons (Fsp3) is 0.846. The highest BCUT2D eigenvalue weighted by atomic mass is 16.2. The van der Waals surface area contributed by atoms with E-state index in [0.717, 1.165) is 25.9 Å². The highest BCUT2D eigenvalue weighted by Gasteiger charge is 2.27. The van der Waals surface area contributed by atoms with Crippen molar-refractivity contribution < 1.29 is 9.59 Å². The van der Waals surface area contributed by atoms with Crippen LogP contribution in [-0.2, 0) is 9.59 Å². The third-order valence-corrected chi connectivity index (χ3v) is 3.31. The zero-order chi connectivity index (χ0) is 13.4. The molecule has 5 nitrogen and oxygen atoms in total. The minimum atomic E-state index is 0.0403. The van der Waals surface area contributed by atoms with Gasteiger partial charge in [-0.2, -0.15) is 0 Å². The summed E-state index contributed by atoms with van der Waals surface area (Å²) in [6.07, 6.45) is 3.76. The van der Waals surface area contributed by atoms with Crippen molar-refractivity contribution >= 4 is 11.8 Å². The van der Waals surface area contributed by atoms with Crippen LogP contribution in [0.5, 0.6) is 0 Å². The first-order chi connectivity index (χ1) is 8.69. The van der Waals surface area contributed by atoms with Crippen molar-refractivity contribution in [2.45, 2.75) is 45.1 Å². The van der Waals surface area contributed by atoms with Crippen LogP contribution >= 0.6 is 0 Å². The summed E-state index contributed by atoms with van der Waals surface area (Å²) in [5.41, 5.74) is 0. The second-order valence-electron chi connectivity index (χ2n) is 4.75. The van der Waals surface area contributed by atoms with Crippen molar-refractivity contribution in [3.05, 3.63) is 0 Å². The second kappa shape index (κ2) is 8.08. The summed E-state index contributed by atoms with van der Waals surface area (Å²) in [5.74, 6) is 0.232. The first-order valence-electron chi connectivity index (χ1n) is 6.89. The Morgan fingerprint density at radius 3 is 2.78 bits per heavy atom. The van der Waals surface area contributed by atoms with Crippen LogP contribution in [0, 0.1) is 0 Å². The zero-order valence-electron chi connectivity index (χ0n) is 11.5. The van der Waals surface area contributed by atoms with Crippen LogP contribution in [-0.4, -0.2) is 49.4 Å². The van der Waals surface area contributed by atoms with Gasteiger partial charge in [0.1, 0.15) is 0 Å². The van der Waals surface area contributed by atoms with Crippen LogP contribution in [0.15, 0.2) is 0 Å². The van der Waals surface area contributed by atoms with Gasteiger partial charge in [0.25, 0.3) is 0 Å². The minimum Gasteiger partial charge on any atom is -0.356 e. The molecule has 1 aliphatic rings. The summed E-state index contributed by atoms with van der Waals surface area (Å²) >= 11 is 0. The van der Waals surface area contributed by atoms with Gasteiger partial charge in [-0.3, -0.25) is 9.59 Å². The number of carbonyl (C=O) groups excluding carboxylic acids is 2. The maximum Gasteiger partial charge on any atom is 0.222 e. The van der Waals surface area contributed by atoms with Gasteiger partial charge in [0.15, 0.2) is 0 Å². The molecular weight excluding hydrogens is 230 g/mol. The lowest BCUT2D eigenvalue weighted by Crippen LogP contribution is -2.40. The van der Waals surface area contributed by atoms with Crippen LogP contribution in [0.4, 0.5) is 0 Å². The van der Waals surface area contributed by atoms with Crippen molar-refractivity contribution in [1.29, 1.82) is 0 Å². The molecule has 0 aromatic carbocycles. The zero-order valence-corrected chi connectivity index (χ0v) is 11.5. The van der Waals surface area contributed by atoms with Gasteiger partial charge in [0.2, 0.25) is 11.8 Å². The molecule has 1 fully saturated rings. The SMILES string of the molecule is CCNC(=O)CCCC(=O)N1CCCC1CNC. The average Bonchev–Trinajstić information content (AvgIpc) is 2.78. The molecular formula is C13H25N3O2. The number of rotatable bonds is 7. The Hall–Kier alpha value is -1.10. The van der Waals surface area contributed by atoms with Crippen molar-refractivity contribution in [2.75, 3.05) is 26.7 Å². The van der Waals surface area contributed by atoms with Crippen LogP contribution in [0.25, 0.3) is 0 Å². The molecule has 2 N–H and O–H groups in total. The smallest absolute Gasteiger partial charge is 0.222 e. The van der Waals surface area contributed by atoms with E-state index in [4.69, 9.17) is 0 Å². The van der Waals surface area contributed by atoms with Gasteiger partial charge in [-0.1, -0.05) is 0 Å². The van der Waals surface area contributed by atoms with E-state index in [-0.39, 0.29) is 11.8 Å². The van der Waals surface area contributed by atoms with E-state index < -0.39 is 0 Å². The monoisotopic (exact) mass is 255 g/mol. The summed E-state index contributed by atoms with van der Waals surface area (Å²) < 4.78 is 0. The van der Waals surface area contributed by atoms with E-state index in [2.05, 4.69) is 10.6 Å². The molecule has 0 aromatic heterocycles. The van der Waals surface area contributed by atoms with Crippen molar-refractivity contribution in [1.82, 2.24) is 15.5 Å². The largest absolute Gasteiger partial charge is 0.356 e. The van der Waals surface area contributed by atoms with Crippen molar-refractivity contribution in [2.24, 2.45) is 0 Å². The maximum atomic E-state index is 12.0. The molecule has 18 heavy (non-hydrogen) atoms. The average molecular weight is 255 g/mol. The third kappa shape index (κ3) is 4.64. The Bertz CT molecular complexity index is 281. The fourth-order valence-electron chi connectivity index (χ4n) is 2.44. The molecule has 0 spiro atoms. The number of likely N-dealkylation sites (tertiary alicyclic amines) is 1. The lowest BCUT2D eigenvalue weighted by atomic mass is 10.2. The molecule has 0 aliphatic carbocycles. The fourth-order valence-corrected chi connectivity index (χ4v) is 2.44. The summed E-state index contributed by atoms with van der Waals surface area (Å²) in [5, 5.41) is 5.87. The molecule has 1 rings (SSSR count). The van der Waals surface area contributed by atoms with Crippen LogP contribution < -0.4 is 10.6 Å². The van der Waals surface area contributed by atoms with Gasteiger partial charge < -0.3 is 15.5 Å². The number of amides is 2. The van der Waals surface area contributed by atoms with E-state index in [1.807, 2.05) is 18.9 Å². The van der Waals surface area contributed by atoms with Gasteiger partial charge in [0.05, 0.1) is 0 Å². The number of hydrogen-bond acceptors (Lipinski definition) is 3. The lowest BCUT2D eigenvalue weighted by molar-refractivity contribution is -0.132. The number of nitrogens with zero attached hydrogens (tertiary/aromatic N) is 1. The standard InChI is InChI=1S/C13H25N3O2/c1-3-15-12(17)7-4-8-13(18)16-9-5-6-11(16)10-14-2/h11,14H,3-10H2,1-2H3,(H,15,17). The first kappa shape index (κ1) is 15.0. The lowest BCUT2D eigenvalue weighted by Gasteiger charge is -2.24. The maximum absolute atomic E-state index is 12.0. The molecule has 1 unspecified atom stereocenters. The van der Waals surface area contributed by atoms with Crippen molar-refractivity contribution in [3.8, 4) is 0 Å². The molecule has 1 atom stereocenters. The Balaban J connectivity index is 2.25. The van der Waals surface area contributed by atoms with Gasteiger partial charge in [-0.05, 0) is 33.2 Å². The van der Waals surface area contributed by atoms with Crippen LogP contribution in [0.3, 0.4) is 0 Å². The Kier molecular flexibility index (Phi) is 6.72. The van der Waals surface area contributed by atoms with Crippen LogP contribution in [0.1, 0.15) is 39.0 Å². The minimum absolute atomic E-state index is 0.0403. The quantitative estimate of drug-likeness (QED) is 0.696. The molecule has 104 valence electrons. The van der Waals surface area contributed by atoms with Crippen LogP contribution in [0.2, 0.25) is 0 Å². The highest BCUT2D eigenvalue weighted by Crippen LogP contribution is 2.18. The number of carbonyl (C=O) groups is 2. The predicted octanol–water partition coefficient (Wildman–Crippen LogP) is 0.503. The highest BCUT2D eigenvalue weighted by molar-refractivity contribution is 5.79. The van der Waals surface area contributed by atoms with E-state index in [1.54, 1.807) is 0 Å². The van der Waals surface area contributed by atoms with Gasteiger partial charge in [-0.25, -0.2) is 0 Å². The number of nitrogens with one attached hydrogen (secondary N) is 2. The Labute approximate surface area is 109 Å². The molecule has 1 heterocycles. The second-order valence-corrected chi connectivity index (χ2v) is 4.75. The third-order valence-electron chi connectivity index (χ3n) is 3.31. The molecule has 0 radical (unpaired) electrons. The summed E-state index contributed by atoms with van der Waals surface area (Å²) in [7, 11) is 1.91. The van der Waals surface area contributed by atoms with E-state index >= 15 is 0 Å². The van der Waals surface area contributed by atoms with E-state index in [1.165, 1.54) is 0 Å². The number of likely N-dealkylation sites (N-methyl/N-ethyl adjacent to an activating group) is 1. The summed E-state index contributed by atoms with van der Waals surface area (Å²) in [4.78, 5) is 25.3. The molecule has 2 amide bonds. The molecule has 5 heteroatoms. The van der Waals surface area contributed by atoms with Gasteiger partial charge in [-0.15, -0.1) is 0 Å². The Morgan fingerprint density at radius 1 is 1.33 bits per heavy atom. The van der Waals surface area contributed by atoms with E-state index in [9.17, 15) is 9.59 Å². The summed E-state index contributed by atoms with van der Waals surface area (Å²) in [6, 6.07) is 0.340. The summed E-state index contributed by atoms with van der Waals surface area (Å²) in [6.45, 7) is 4.28. The predicted molar refractivity (Wildman–Crippen MR) is 71.2 cm³/mol. The first-order valence-corrected chi connectivity index (χ1v) is 6.89. The molecule has 1 saturated heterocycles. The van der Waals surface area contributed by atoms with Crippen molar-refractivity contribution in [3.63, 3.8) is 0 Å². The normalized spacial score (nSPS) is 19.0. The molecule has 1 aliphatic heterocycles. The van der Waals surface area contributed by atoms with E-state index in [0.29, 0.717) is 31.8 Å². The topological polar surface area (TPSA) is 61.4 Å². The number of hydrogen-bond donors (Lipinski definition) is 2. The van der Waals surface area contributed by atoms with Gasteiger partial charge >= 0.3 is 0 Å². The molecule has 0 bridgehead atoms. The van der Waals surface area contributed by atoms with Gasteiger partial charge in [0, 0.05) is 38.5 Å². The molecule has 0 aromatic rings. The Morgan fingerprint density at radius 2 is 2.11 bits per heavy atom.